The van der Waals surface area contributed by atoms with Gasteiger partial charge in [0.25, 0.3) is 0 Å². The predicted octanol–water partition coefficient (Wildman–Crippen LogP) is 4.07. The summed E-state index contributed by atoms with van der Waals surface area (Å²) in [4.78, 5) is 25.2. The fourth-order valence-electron chi connectivity index (χ4n) is 5.29. The van der Waals surface area contributed by atoms with Gasteiger partial charge in [0.1, 0.15) is 23.4 Å². The lowest BCUT2D eigenvalue weighted by molar-refractivity contribution is 0.0111. The second-order valence-electron chi connectivity index (χ2n) is 11.2. The molecule has 0 unspecified atom stereocenters. The molecule has 2 aliphatic rings. The molecule has 0 radical (unpaired) electrons. The lowest BCUT2D eigenvalue weighted by atomic mass is 9.85. The number of fused-ring (bicyclic) bond motifs is 1. The van der Waals surface area contributed by atoms with Crippen LogP contribution in [0.15, 0.2) is 24.4 Å². The number of piperidine rings is 1. The number of hydrogen-bond donors (Lipinski definition) is 1. The third kappa shape index (κ3) is 5.25. The number of aryl methyl sites for hydroxylation is 2. The maximum Gasteiger partial charge on any atom is 0.410 e. The van der Waals surface area contributed by atoms with Gasteiger partial charge in [-0.1, -0.05) is 0 Å². The zero-order chi connectivity index (χ0) is 26.5. The van der Waals surface area contributed by atoms with Gasteiger partial charge in [0.05, 0.1) is 24.4 Å². The number of hydrogen-bond acceptors (Lipinski definition) is 7. The van der Waals surface area contributed by atoms with Crippen molar-refractivity contribution in [3.63, 3.8) is 0 Å². The maximum absolute atomic E-state index is 15.5. The Morgan fingerprint density at radius 3 is 2.51 bits per heavy atom. The topological polar surface area (TPSA) is 96.6 Å². The first kappa shape index (κ1) is 25.4. The first-order valence-electron chi connectivity index (χ1n) is 12.9. The van der Waals surface area contributed by atoms with Crippen molar-refractivity contribution in [3.05, 3.63) is 41.3 Å². The van der Waals surface area contributed by atoms with Gasteiger partial charge in [0.2, 0.25) is 0 Å². The first-order valence-corrected chi connectivity index (χ1v) is 12.9. The quantitative estimate of drug-likeness (QED) is 0.567. The van der Waals surface area contributed by atoms with Crippen LogP contribution in [0.25, 0.3) is 16.7 Å². The number of amides is 1. The van der Waals surface area contributed by atoms with Gasteiger partial charge < -0.3 is 19.6 Å². The van der Waals surface area contributed by atoms with Crippen molar-refractivity contribution in [1.82, 2.24) is 24.6 Å². The number of carbonyl (C=O) groups excluding carboxylic acids is 1. The highest BCUT2D eigenvalue weighted by Crippen LogP contribution is 2.35. The van der Waals surface area contributed by atoms with Crippen LogP contribution in [0.5, 0.6) is 0 Å². The van der Waals surface area contributed by atoms with E-state index in [0.29, 0.717) is 37.6 Å². The third-order valence-corrected chi connectivity index (χ3v) is 7.06. The molecule has 2 aliphatic heterocycles. The van der Waals surface area contributed by atoms with Crippen LogP contribution in [-0.2, 0) is 4.74 Å². The van der Waals surface area contributed by atoms with Crippen molar-refractivity contribution < 1.29 is 19.0 Å². The highest BCUT2D eigenvalue weighted by molar-refractivity contribution is 5.82. The van der Waals surface area contributed by atoms with Gasteiger partial charge in [-0.05, 0) is 70.7 Å². The minimum Gasteiger partial charge on any atom is -0.444 e. The number of rotatable bonds is 3. The van der Waals surface area contributed by atoms with Crippen LogP contribution in [0.4, 0.5) is 15.0 Å². The zero-order valence-electron chi connectivity index (χ0n) is 22.1. The van der Waals surface area contributed by atoms with Crippen molar-refractivity contribution in [3.8, 4) is 5.82 Å². The van der Waals surface area contributed by atoms with E-state index in [1.54, 1.807) is 10.9 Å². The monoisotopic (exact) mass is 510 g/mol. The second-order valence-corrected chi connectivity index (χ2v) is 11.2. The Bertz CT molecular complexity index is 1320. The van der Waals surface area contributed by atoms with Gasteiger partial charge in [0, 0.05) is 37.0 Å². The highest BCUT2D eigenvalue weighted by atomic mass is 19.1. The number of benzene rings is 1. The zero-order valence-corrected chi connectivity index (χ0v) is 22.1. The van der Waals surface area contributed by atoms with Crippen LogP contribution in [0.3, 0.4) is 0 Å². The molecule has 37 heavy (non-hydrogen) atoms. The lowest BCUT2D eigenvalue weighted by Crippen LogP contribution is -2.46. The van der Waals surface area contributed by atoms with Crippen LogP contribution < -0.4 is 4.90 Å². The molecule has 0 aliphatic carbocycles. The number of halogens is 1. The molecule has 0 spiro atoms. The minimum absolute atomic E-state index is 0.00642. The van der Waals surface area contributed by atoms with E-state index < -0.39 is 17.9 Å². The van der Waals surface area contributed by atoms with Crippen LogP contribution in [-0.4, -0.2) is 79.9 Å². The van der Waals surface area contributed by atoms with Crippen LogP contribution in [0.1, 0.15) is 56.5 Å². The number of anilines is 1. The van der Waals surface area contributed by atoms with Gasteiger partial charge in [-0.15, -0.1) is 0 Å². The predicted molar refractivity (Wildman–Crippen MR) is 139 cm³/mol. The van der Waals surface area contributed by atoms with Crippen molar-refractivity contribution >= 4 is 22.8 Å². The molecule has 0 saturated carbocycles. The van der Waals surface area contributed by atoms with Gasteiger partial charge in [-0.3, -0.25) is 0 Å². The number of likely N-dealkylation sites (tertiary alicyclic amines) is 1. The summed E-state index contributed by atoms with van der Waals surface area (Å²) >= 11 is 0. The van der Waals surface area contributed by atoms with E-state index >= 15 is 4.39 Å². The fraction of sp³-hybridized carbons (Fsp3) is 0.556. The average molecular weight is 511 g/mol. The molecule has 3 atom stereocenters. The molecule has 2 saturated heterocycles. The van der Waals surface area contributed by atoms with E-state index in [-0.39, 0.29) is 18.6 Å². The molecule has 1 aromatic carbocycles. The van der Waals surface area contributed by atoms with E-state index in [9.17, 15) is 9.90 Å². The molecule has 3 aromatic rings. The minimum atomic E-state index is -1.21. The smallest absolute Gasteiger partial charge is 0.410 e. The Hall–Kier alpha value is -3.27. The van der Waals surface area contributed by atoms with Crippen molar-refractivity contribution in [2.45, 2.75) is 71.3 Å². The van der Waals surface area contributed by atoms with Crippen LogP contribution in [0, 0.1) is 13.8 Å². The number of ether oxygens (including phenoxy) is 1. The second kappa shape index (κ2) is 9.55. The van der Waals surface area contributed by atoms with Crippen LogP contribution in [0.2, 0.25) is 0 Å². The number of aliphatic hydroxyl groups excluding tert-OH is 1. The molecule has 198 valence electrons. The summed E-state index contributed by atoms with van der Waals surface area (Å²) < 4.78 is 22.7. The number of carbonyl (C=O) groups is 1. The number of aromatic nitrogens is 4. The first-order chi connectivity index (χ1) is 17.5. The largest absolute Gasteiger partial charge is 0.444 e. The van der Waals surface area contributed by atoms with Crippen molar-refractivity contribution in [2.24, 2.45) is 0 Å². The summed E-state index contributed by atoms with van der Waals surface area (Å²) in [5.41, 5.74) is 2.14. The Morgan fingerprint density at radius 1 is 1.08 bits per heavy atom. The van der Waals surface area contributed by atoms with Crippen molar-refractivity contribution in [1.29, 1.82) is 0 Å². The Balaban J connectivity index is 1.44. The Kier molecular flexibility index (Phi) is 6.55. The van der Waals surface area contributed by atoms with E-state index in [0.717, 1.165) is 34.4 Å². The van der Waals surface area contributed by atoms with Crippen LogP contribution >= 0.6 is 0 Å². The molecular weight excluding hydrogens is 475 g/mol. The summed E-state index contributed by atoms with van der Waals surface area (Å²) in [6.45, 7) is 11.0. The summed E-state index contributed by atoms with van der Waals surface area (Å²) in [5.74, 6) is 1.67. The number of aliphatic hydroxyl groups is 1. The molecule has 0 bridgehead atoms. The van der Waals surface area contributed by atoms with Gasteiger partial charge in [-0.25, -0.2) is 23.8 Å². The molecule has 5 rings (SSSR count). The highest BCUT2D eigenvalue weighted by Gasteiger charge is 2.35. The molecule has 10 heteroatoms. The number of alkyl halides is 1. The van der Waals surface area contributed by atoms with E-state index in [1.165, 1.54) is 4.90 Å². The van der Waals surface area contributed by atoms with Gasteiger partial charge in [-0.2, -0.15) is 5.10 Å². The number of β-amino-alcohol motifs (C(OH)–C–C–N with tert-alkyl or cyclic N) is 1. The summed E-state index contributed by atoms with van der Waals surface area (Å²) in [5, 5.41) is 15.5. The molecule has 9 nitrogen and oxygen atoms in total. The molecule has 1 N–H and O–H groups in total. The Labute approximate surface area is 216 Å². The standard InChI is InChI=1S/C27H35FN6O3/c1-16-10-18-13-29-34(25-12-24(30-17(2)31-25)32-8-6-19(35)14-32)23(18)11-21(16)20-7-9-33(15-22(20)28)26(36)37-27(3,4)5/h10-13,19-20,22,35H,6-9,14-15H2,1-5H3/t19-,20-,22-/m0/s1. The average Bonchev–Trinajstić information content (AvgIpc) is 3.43. The summed E-state index contributed by atoms with van der Waals surface area (Å²) in [6.07, 6.45) is 0.978. The molecule has 1 amide bonds. The molecular formula is C27H35FN6O3. The molecule has 4 heterocycles. The third-order valence-electron chi connectivity index (χ3n) is 7.06. The normalized spacial score (nSPS) is 22.6. The van der Waals surface area contributed by atoms with Gasteiger partial charge >= 0.3 is 6.09 Å². The summed E-state index contributed by atoms with van der Waals surface area (Å²) in [6, 6.07) is 5.93. The van der Waals surface area contributed by atoms with Gasteiger partial charge in [0.15, 0.2) is 5.82 Å². The maximum atomic E-state index is 15.5. The SMILES string of the molecule is Cc1nc(N2CC[C@H](O)C2)cc(-n2ncc3cc(C)c([C@@H]4CCN(C(=O)OC(C)(C)C)C[C@@H]4F)cc32)n1. The number of nitrogens with zero attached hydrogens (tertiary/aromatic N) is 6. The fourth-order valence-corrected chi connectivity index (χ4v) is 5.29. The van der Waals surface area contributed by atoms with Crippen molar-refractivity contribution in [2.75, 3.05) is 31.1 Å². The van der Waals surface area contributed by atoms with E-state index in [1.807, 2.05) is 52.8 Å². The molecule has 2 fully saturated rings. The molecule has 2 aromatic heterocycles. The van der Waals surface area contributed by atoms with E-state index in [2.05, 4.69) is 20.0 Å². The summed E-state index contributed by atoms with van der Waals surface area (Å²) in [7, 11) is 0. The Morgan fingerprint density at radius 2 is 1.84 bits per heavy atom. The lowest BCUT2D eigenvalue weighted by Gasteiger charge is -2.36. The van der Waals surface area contributed by atoms with E-state index in [4.69, 9.17) is 4.74 Å².